The number of rotatable bonds is 6. The third-order valence-corrected chi connectivity index (χ3v) is 4.76. The molecule has 1 atom stereocenters. The number of carboxylic acid groups (broad SMARTS) is 1. The number of carbonyl (C=O) groups is 2. The number of anilines is 2. The minimum atomic E-state index is -1.12. The number of nitrogens with one attached hydrogen (secondary N) is 2. The van der Waals surface area contributed by atoms with E-state index in [0.717, 1.165) is 5.56 Å². The van der Waals surface area contributed by atoms with Gasteiger partial charge in [-0.2, -0.15) is 5.10 Å². The highest BCUT2D eigenvalue weighted by molar-refractivity contribution is 6.08. The zero-order chi connectivity index (χ0) is 21.8. The highest BCUT2D eigenvalue weighted by Gasteiger charge is 2.27. The lowest BCUT2D eigenvalue weighted by Crippen LogP contribution is -2.24. The van der Waals surface area contributed by atoms with Crippen LogP contribution in [0.4, 0.5) is 11.5 Å². The van der Waals surface area contributed by atoms with E-state index in [1.165, 1.54) is 6.20 Å². The number of fused-ring (bicyclic) bond motifs is 1. The molecular weight excluding hydrogens is 396 g/mol. The van der Waals surface area contributed by atoms with Gasteiger partial charge in [-0.3, -0.25) is 4.79 Å². The van der Waals surface area contributed by atoms with Gasteiger partial charge in [-0.05, 0) is 23.8 Å². The molecule has 0 saturated heterocycles. The summed E-state index contributed by atoms with van der Waals surface area (Å²) in [5.41, 5.74) is 1.73. The molecule has 3 aromatic rings. The summed E-state index contributed by atoms with van der Waals surface area (Å²) in [6.45, 7) is 0. The molecule has 1 aromatic heterocycles. The molecule has 1 aliphatic heterocycles. The van der Waals surface area contributed by atoms with Crippen LogP contribution in [0.5, 0.6) is 5.75 Å². The summed E-state index contributed by atoms with van der Waals surface area (Å²) in [6.07, 6.45) is 6.68. The quantitative estimate of drug-likeness (QED) is 0.565. The minimum absolute atomic E-state index is 0.0221. The number of allylic oxidation sites excluding steroid dienone is 2. The van der Waals surface area contributed by atoms with Crippen LogP contribution in [-0.2, 0) is 4.79 Å². The smallest absolute Gasteiger partial charge is 0.352 e. The molecule has 1 aliphatic rings. The average molecular weight is 416 g/mol. The summed E-state index contributed by atoms with van der Waals surface area (Å²) in [5, 5.41) is 19.4. The molecule has 0 bridgehead atoms. The summed E-state index contributed by atoms with van der Waals surface area (Å²) in [7, 11) is 1.54. The monoisotopic (exact) mass is 416 g/mol. The van der Waals surface area contributed by atoms with Crippen molar-refractivity contribution < 1.29 is 19.4 Å². The maximum Gasteiger partial charge on any atom is 0.352 e. The molecule has 1 amide bonds. The van der Waals surface area contributed by atoms with E-state index < -0.39 is 17.9 Å². The highest BCUT2D eigenvalue weighted by atomic mass is 16.5. The predicted octanol–water partition coefficient (Wildman–Crippen LogP) is 3.79. The zero-order valence-electron chi connectivity index (χ0n) is 16.6. The summed E-state index contributed by atoms with van der Waals surface area (Å²) in [4.78, 5) is 24.5. The Bertz CT molecular complexity index is 1180. The Balaban J connectivity index is 1.64. The van der Waals surface area contributed by atoms with Crippen LogP contribution in [0.2, 0.25) is 0 Å². The SMILES string of the molecule is COc1cccc(NC(=O)c2cnn3c2NC(C(=O)O)=C[C@@H]3/C=C/c2ccccc2)c1. The molecule has 0 spiro atoms. The molecule has 0 unspecified atom stereocenters. The van der Waals surface area contributed by atoms with E-state index >= 15 is 0 Å². The second kappa shape index (κ2) is 8.58. The Morgan fingerprint density at radius 3 is 2.74 bits per heavy atom. The second-order valence-corrected chi connectivity index (χ2v) is 6.81. The predicted molar refractivity (Wildman–Crippen MR) is 117 cm³/mol. The van der Waals surface area contributed by atoms with Gasteiger partial charge in [-0.25, -0.2) is 9.48 Å². The maximum atomic E-state index is 12.9. The zero-order valence-corrected chi connectivity index (χ0v) is 16.6. The Labute approximate surface area is 178 Å². The lowest BCUT2D eigenvalue weighted by Gasteiger charge is -2.22. The molecule has 0 aliphatic carbocycles. The number of amides is 1. The number of hydrogen-bond donors (Lipinski definition) is 3. The van der Waals surface area contributed by atoms with E-state index in [0.29, 0.717) is 17.3 Å². The van der Waals surface area contributed by atoms with Crippen molar-refractivity contribution >= 4 is 29.5 Å². The average Bonchev–Trinajstić information content (AvgIpc) is 3.22. The Hall–Kier alpha value is -4.33. The molecule has 0 radical (unpaired) electrons. The van der Waals surface area contributed by atoms with Gasteiger partial charge < -0.3 is 20.5 Å². The van der Waals surface area contributed by atoms with Crippen molar-refractivity contribution in [3.63, 3.8) is 0 Å². The van der Waals surface area contributed by atoms with E-state index in [-0.39, 0.29) is 11.3 Å². The van der Waals surface area contributed by atoms with Crippen LogP contribution in [0, 0.1) is 0 Å². The number of benzene rings is 2. The number of aromatic nitrogens is 2. The summed E-state index contributed by atoms with van der Waals surface area (Å²) >= 11 is 0. The summed E-state index contributed by atoms with van der Waals surface area (Å²) in [5.74, 6) is -0.623. The number of ether oxygens (including phenoxy) is 1. The van der Waals surface area contributed by atoms with E-state index in [2.05, 4.69) is 15.7 Å². The van der Waals surface area contributed by atoms with Gasteiger partial charge in [-0.1, -0.05) is 48.6 Å². The van der Waals surface area contributed by atoms with Crippen LogP contribution in [-0.4, -0.2) is 33.9 Å². The van der Waals surface area contributed by atoms with Crippen LogP contribution < -0.4 is 15.4 Å². The Kier molecular flexibility index (Phi) is 5.53. The van der Waals surface area contributed by atoms with Gasteiger partial charge in [0.2, 0.25) is 0 Å². The normalized spacial score (nSPS) is 15.0. The fourth-order valence-electron chi connectivity index (χ4n) is 3.22. The van der Waals surface area contributed by atoms with Gasteiger partial charge in [0.25, 0.3) is 5.91 Å². The van der Waals surface area contributed by atoms with Gasteiger partial charge >= 0.3 is 5.97 Å². The first-order valence-electron chi connectivity index (χ1n) is 9.53. The molecule has 0 saturated carbocycles. The third-order valence-electron chi connectivity index (χ3n) is 4.76. The molecule has 8 heteroatoms. The number of methoxy groups -OCH3 is 1. The number of nitrogens with zero attached hydrogens (tertiary/aromatic N) is 2. The van der Waals surface area contributed by atoms with Crippen molar-refractivity contribution in [3.05, 3.63) is 89.8 Å². The fourth-order valence-corrected chi connectivity index (χ4v) is 3.22. The van der Waals surface area contributed by atoms with Crippen molar-refractivity contribution in [2.75, 3.05) is 17.7 Å². The Morgan fingerprint density at radius 2 is 2.00 bits per heavy atom. The van der Waals surface area contributed by atoms with E-state index in [1.54, 1.807) is 42.1 Å². The van der Waals surface area contributed by atoms with Crippen molar-refractivity contribution in [3.8, 4) is 5.75 Å². The van der Waals surface area contributed by atoms with Gasteiger partial charge in [0.1, 0.15) is 22.8 Å². The van der Waals surface area contributed by atoms with Crippen molar-refractivity contribution in [1.29, 1.82) is 0 Å². The topological polar surface area (TPSA) is 105 Å². The Morgan fingerprint density at radius 1 is 1.19 bits per heavy atom. The van der Waals surface area contributed by atoms with Crippen LogP contribution in [0.25, 0.3) is 6.08 Å². The molecule has 2 aromatic carbocycles. The van der Waals surface area contributed by atoms with Gasteiger partial charge in [0.05, 0.1) is 19.3 Å². The van der Waals surface area contributed by atoms with Crippen molar-refractivity contribution in [1.82, 2.24) is 9.78 Å². The summed E-state index contributed by atoms with van der Waals surface area (Å²) < 4.78 is 6.75. The summed E-state index contributed by atoms with van der Waals surface area (Å²) in [6, 6.07) is 16.1. The molecule has 4 rings (SSSR count). The molecule has 0 fully saturated rings. The van der Waals surface area contributed by atoms with Crippen molar-refractivity contribution in [2.45, 2.75) is 6.04 Å². The second-order valence-electron chi connectivity index (χ2n) is 6.81. The lowest BCUT2D eigenvalue weighted by atomic mass is 10.1. The largest absolute Gasteiger partial charge is 0.497 e. The third kappa shape index (κ3) is 4.32. The first-order valence-corrected chi connectivity index (χ1v) is 9.53. The molecular formula is C23H20N4O4. The number of hydrogen-bond acceptors (Lipinski definition) is 5. The van der Waals surface area contributed by atoms with Gasteiger partial charge in [0.15, 0.2) is 0 Å². The van der Waals surface area contributed by atoms with E-state index in [4.69, 9.17) is 4.74 Å². The fraction of sp³-hybridized carbons (Fsp3) is 0.0870. The number of carboxylic acids is 1. The van der Waals surface area contributed by atoms with Gasteiger partial charge in [-0.15, -0.1) is 0 Å². The molecule has 2 heterocycles. The van der Waals surface area contributed by atoms with Crippen LogP contribution >= 0.6 is 0 Å². The minimum Gasteiger partial charge on any atom is -0.497 e. The van der Waals surface area contributed by atoms with E-state index in [1.807, 2.05) is 42.5 Å². The first kappa shape index (κ1) is 20.0. The number of aliphatic carboxylic acids is 1. The van der Waals surface area contributed by atoms with Crippen LogP contribution in [0.15, 0.2) is 78.6 Å². The van der Waals surface area contributed by atoms with Crippen LogP contribution in [0.3, 0.4) is 0 Å². The van der Waals surface area contributed by atoms with Crippen molar-refractivity contribution in [2.24, 2.45) is 0 Å². The number of carbonyl (C=O) groups excluding carboxylic acids is 1. The van der Waals surface area contributed by atoms with Gasteiger partial charge in [0, 0.05) is 11.8 Å². The molecule has 156 valence electrons. The standard InChI is InChI=1S/C23H20N4O4/c1-31-18-9-5-8-16(12-18)25-22(28)19-14-24-27-17(11-10-15-6-3-2-4-7-15)13-20(23(29)30)26-21(19)27/h2-14,17,26H,1H3,(H,25,28)(H,29,30)/b11-10+/t17-/m0/s1. The van der Waals surface area contributed by atoms with Crippen LogP contribution in [0.1, 0.15) is 22.0 Å². The van der Waals surface area contributed by atoms with E-state index in [9.17, 15) is 14.7 Å². The lowest BCUT2D eigenvalue weighted by molar-refractivity contribution is -0.132. The molecule has 3 N–H and O–H groups in total. The maximum absolute atomic E-state index is 12.9. The highest BCUT2D eigenvalue weighted by Crippen LogP contribution is 2.30. The molecule has 31 heavy (non-hydrogen) atoms. The first-order chi connectivity index (χ1) is 15.0. The molecule has 8 nitrogen and oxygen atoms in total.